The first-order chi connectivity index (χ1) is 14.8. The Morgan fingerprint density at radius 1 is 1.03 bits per heavy atom. The van der Waals surface area contributed by atoms with Gasteiger partial charge in [0.2, 0.25) is 0 Å². The summed E-state index contributed by atoms with van der Waals surface area (Å²) < 4.78 is 6.21. The van der Waals surface area contributed by atoms with Gasteiger partial charge in [-0.25, -0.2) is 4.68 Å². The minimum Gasteiger partial charge on any atom is -0.468 e. The lowest BCUT2D eigenvalue weighted by atomic mass is 10.1. The SMILES string of the molecule is COC(=O)CNC(=O)c1cccc(NC(=O)c2ccc(-n3nc(C)c(Cl)c3C)cc2)c1. The summed E-state index contributed by atoms with van der Waals surface area (Å²) in [5.41, 5.74) is 3.53. The number of hydrogen-bond acceptors (Lipinski definition) is 5. The van der Waals surface area contributed by atoms with Gasteiger partial charge in [-0.05, 0) is 56.3 Å². The molecule has 0 aliphatic carbocycles. The Labute approximate surface area is 184 Å². The molecule has 8 nitrogen and oxygen atoms in total. The Morgan fingerprint density at radius 3 is 2.35 bits per heavy atom. The van der Waals surface area contributed by atoms with Crippen molar-refractivity contribution in [1.82, 2.24) is 15.1 Å². The van der Waals surface area contributed by atoms with Gasteiger partial charge in [-0.3, -0.25) is 14.4 Å². The summed E-state index contributed by atoms with van der Waals surface area (Å²) in [6, 6.07) is 13.3. The van der Waals surface area contributed by atoms with Crippen molar-refractivity contribution < 1.29 is 19.1 Å². The number of esters is 1. The number of carbonyl (C=O) groups is 3. The van der Waals surface area contributed by atoms with Gasteiger partial charge in [0.15, 0.2) is 0 Å². The van der Waals surface area contributed by atoms with Gasteiger partial charge in [0.1, 0.15) is 6.54 Å². The molecule has 0 unspecified atom stereocenters. The Morgan fingerprint density at radius 2 is 1.74 bits per heavy atom. The average molecular weight is 441 g/mol. The molecule has 1 heterocycles. The summed E-state index contributed by atoms with van der Waals surface area (Å²) in [7, 11) is 1.24. The predicted octanol–water partition coefficient (Wildman–Crippen LogP) is 3.30. The van der Waals surface area contributed by atoms with Crippen LogP contribution in [0, 0.1) is 13.8 Å². The lowest BCUT2D eigenvalue weighted by molar-refractivity contribution is -0.139. The Kier molecular flexibility index (Phi) is 6.71. The molecule has 9 heteroatoms. The van der Waals surface area contributed by atoms with E-state index in [2.05, 4.69) is 20.5 Å². The number of carbonyl (C=O) groups excluding carboxylic acids is 3. The number of methoxy groups -OCH3 is 1. The van der Waals surface area contributed by atoms with E-state index in [1.807, 2.05) is 13.8 Å². The Hall–Kier alpha value is -3.65. The number of aryl methyl sites for hydroxylation is 1. The number of nitrogens with zero attached hydrogens (tertiary/aromatic N) is 2. The molecule has 160 valence electrons. The largest absolute Gasteiger partial charge is 0.468 e. The van der Waals surface area contributed by atoms with E-state index < -0.39 is 11.9 Å². The van der Waals surface area contributed by atoms with Crippen molar-refractivity contribution in [2.45, 2.75) is 13.8 Å². The highest BCUT2D eigenvalue weighted by Crippen LogP contribution is 2.22. The maximum atomic E-state index is 12.6. The summed E-state index contributed by atoms with van der Waals surface area (Å²) in [4.78, 5) is 35.9. The molecule has 2 N–H and O–H groups in total. The second-order valence-corrected chi connectivity index (χ2v) is 7.12. The highest BCUT2D eigenvalue weighted by Gasteiger charge is 2.13. The standard InChI is InChI=1S/C22H21ClN4O4/c1-13-20(23)14(2)27(26-13)18-9-7-15(8-10-18)22(30)25-17-6-4-5-16(11-17)21(29)24-12-19(28)31-3/h4-11H,12H2,1-3H3,(H,24,29)(H,25,30). The minimum absolute atomic E-state index is 0.237. The van der Waals surface area contributed by atoms with Crippen LogP contribution in [0.3, 0.4) is 0 Å². The van der Waals surface area contributed by atoms with E-state index in [4.69, 9.17) is 11.6 Å². The van der Waals surface area contributed by atoms with Crippen LogP contribution in [0.15, 0.2) is 48.5 Å². The number of amides is 2. The molecule has 2 aromatic carbocycles. The Balaban J connectivity index is 1.69. The van der Waals surface area contributed by atoms with Gasteiger partial charge in [-0.2, -0.15) is 5.10 Å². The number of anilines is 1. The zero-order chi connectivity index (χ0) is 22.5. The first kappa shape index (κ1) is 22.0. The van der Waals surface area contributed by atoms with Gasteiger partial charge in [0, 0.05) is 16.8 Å². The maximum absolute atomic E-state index is 12.6. The molecular formula is C22H21ClN4O4. The van der Waals surface area contributed by atoms with E-state index in [-0.39, 0.29) is 12.5 Å². The zero-order valence-corrected chi connectivity index (χ0v) is 18.0. The first-order valence-electron chi connectivity index (χ1n) is 9.38. The molecule has 0 spiro atoms. The van der Waals surface area contributed by atoms with Crippen LogP contribution in [-0.4, -0.2) is 41.2 Å². The fourth-order valence-corrected chi connectivity index (χ4v) is 3.02. The van der Waals surface area contributed by atoms with E-state index >= 15 is 0 Å². The number of aromatic nitrogens is 2. The van der Waals surface area contributed by atoms with E-state index in [0.29, 0.717) is 21.8 Å². The molecule has 0 bridgehead atoms. The third-order valence-electron chi connectivity index (χ3n) is 4.58. The monoisotopic (exact) mass is 440 g/mol. The summed E-state index contributed by atoms with van der Waals surface area (Å²) in [5.74, 6) is -1.33. The second kappa shape index (κ2) is 9.44. The lowest BCUT2D eigenvalue weighted by Crippen LogP contribution is -2.30. The van der Waals surface area contributed by atoms with Crippen molar-refractivity contribution in [3.63, 3.8) is 0 Å². The van der Waals surface area contributed by atoms with Crippen LogP contribution in [0.25, 0.3) is 5.69 Å². The summed E-state index contributed by atoms with van der Waals surface area (Å²) in [6.45, 7) is 3.47. The van der Waals surface area contributed by atoms with Gasteiger partial charge in [0.25, 0.3) is 11.8 Å². The van der Waals surface area contributed by atoms with E-state index in [1.54, 1.807) is 47.1 Å². The normalized spacial score (nSPS) is 10.5. The highest BCUT2D eigenvalue weighted by molar-refractivity contribution is 6.31. The van der Waals surface area contributed by atoms with Crippen LogP contribution >= 0.6 is 11.6 Å². The fraction of sp³-hybridized carbons (Fsp3) is 0.182. The van der Waals surface area contributed by atoms with Crippen LogP contribution in [0.2, 0.25) is 5.02 Å². The van der Waals surface area contributed by atoms with Crippen LogP contribution in [0.1, 0.15) is 32.1 Å². The zero-order valence-electron chi connectivity index (χ0n) is 17.2. The van der Waals surface area contributed by atoms with Gasteiger partial charge in [0.05, 0.1) is 29.2 Å². The van der Waals surface area contributed by atoms with Crippen molar-refractivity contribution in [3.05, 3.63) is 76.1 Å². The first-order valence-corrected chi connectivity index (χ1v) is 9.76. The number of rotatable bonds is 6. The number of nitrogens with one attached hydrogen (secondary N) is 2. The molecule has 0 radical (unpaired) electrons. The summed E-state index contributed by atoms with van der Waals surface area (Å²) in [5, 5.41) is 10.2. The summed E-state index contributed by atoms with van der Waals surface area (Å²) >= 11 is 6.20. The number of hydrogen-bond donors (Lipinski definition) is 2. The van der Waals surface area contributed by atoms with Crippen LogP contribution in [0.4, 0.5) is 5.69 Å². The van der Waals surface area contributed by atoms with Gasteiger partial charge >= 0.3 is 5.97 Å². The topological polar surface area (TPSA) is 102 Å². The molecule has 3 rings (SSSR count). The van der Waals surface area contributed by atoms with Crippen LogP contribution < -0.4 is 10.6 Å². The van der Waals surface area contributed by atoms with Crippen molar-refractivity contribution in [1.29, 1.82) is 0 Å². The number of ether oxygens (including phenoxy) is 1. The van der Waals surface area contributed by atoms with E-state index in [1.165, 1.54) is 13.2 Å². The van der Waals surface area contributed by atoms with Gasteiger partial charge in [-0.1, -0.05) is 17.7 Å². The smallest absolute Gasteiger partial charge is 0.325 e. The van der Waals surface area contributed by atoms with Gasteiger partial charge < -0.3 is 15.4 Å². The van der Waals surface area contributed by atoms with E-state index in [0.717, 1.165) is 17.1 Å². The molecule has 0 aliphatic heterocycles. The predicted molar refractivity (Wildman–Crippen MR) is 117 cm³/mol. The lowest BCUT2D eigenvalue weighted by Gasteiger charge is -2.09. The third kappa shape index (κ3) is 5.10. The second-order valence-electron chi connectivity index (χ2n) is 6.74. The molecule has 1 aromatic heterocycles. The molecule has 0 saturated heterocycles. The highest BCUT2D eigenvalue weighted by atomic mass is 35.5. The molecule has 0 fully saturated rings. The molecular weight excluding hydrogens is 420 g/mol. The van der Waals surface area contributed by atoms with E-state index in [9.17, 15) is 14.4 Å². The molecule has 0 aliphatic rings. The molecule has 3 aromatic rings. The quantitative estimate of drug-likeness (QED) is 0.572. The average Bonchev–Trinajstić information content (AvgIpc) is 3.04. The van der Waals surface area contributed by atoms with Crippen LogP contribution in [-0.2, 0) is 9.53 Å². The maximum Gasteiger partial charge on any atom is 0.325 e. The van der Waals surface area contributed by atoms with Crippen molar-refractivity contribution in [2.75, 3.05) is 19.0 Å². The number of halogens is 1. The molecule has 31 heavy (non-hydrogen) atoms. The van der Waals surface area contributed by atoms with Crippen molar-refractivity contribution in [2.24, 2.45) is 0 Å². The van der Waals surface area contributed by atoms with Gasteiger partial charge in [-0.15, -0.1) is 0 Å². The summed E-state index contributed by atoms with van der Waals surface area (Å²) in [6.07, 6.45) is 0. The Bertz CT molecular complexity index is 1140. The number of benzene rings is 2. The molecule has 2 amide bonds. The molecule has 0 saturated carbocycles. The van der Waals surface area contributed by atoms with Crippen molar-refractivity contribution in [3.8, 4) is 5.69 Å². The van der Waals surface area contributed by atoms with Crippen molar-refractivity contribution >= 4 is 35.1 Å². The van der Waals surface area contributed by atoms with Crippen LogP contribution in [0.5, 0.6) is 0 Å². The third-order valence-corrected chi connectivity index (χ3v) is 5.13. The minimum atomic E-state index is -0.552. The fourth-order valence-electron chi connectivity index (χ4n) is 2.90. The molecule has 0 atom stereocenters.